The normalized spacial score (nSPS) is 25.0. The summed E-state index contributed by atoms with van der Waals surface area (Å²) in [5.74, 6) is 0.128. The second-order valence-corrected chi connectivity index (χ2v) is 4.99. The molecule has 0 bridgehead atoms. The van der Waals surface area contributed by atoms with Gasteiger partial charge in [0.1, 0.15) is 0 Å². The zero-order valence-electron chi connectivity index (χ0n) is 10.1. The number of nitrogens with one attached hydrogen (secondary N) is 1. The summed E-state index contributed by atoms with van der Waals surface area (Å²) >= 11 is 0. The van der Waals surface area contributed by atoms with Crippen LogP contribution in [-0.2, 0) is 0 Å². The van der Waals surface area contributed by atoms with Crippen molar-refractivity contribution >= 4 is 5.91 Å². The first-order valence-corrected chi connectivity index (χ1v) is 6.29. The van der Waals surface area contributed by atoms with Crippen molar-refractivity contribution in [1.82, 2.24) is 20.0 Å². The van der Waals surface area contributed by atoms with E-state index in [9.17, 15) is 4.79 Å². The summed E-state index contributed by atoms with van der Waals surface area (Å²) in [6, 6.07) is 0.583. The molecule has 1 unspecified atom stereocenters. The second-order valence-electron chi connectivity index (χ2n) is 4.99. The Morgan fingerprint density at radius 1 is 1.47 bits per heavy atom. The van der Waals surface area contributed by atoms with Crippen molar-refractivity contribution in [2.24, 2.45) is 0 Å². The third kappa shape index (κ3) is 1.84. The van der Waals surface area contributed by atoms with Crippen molar-refractivity contribution in [1.29, 1.82) is 0 Å². The van der Waals surface area contributed by atoms with E-state index in [4.69, 9.17) is 0 Å². The molecule has 0 radical (unpaired) electrons. The minimum Gasteiger partial charge on any atom is -0.336 e. The summed E-state index contributed by atoms with van der Waals surface area (Å²) in [6.07, 6.45) is 4.14. The molecule has 0 spiro atoms. The Morgan fingerprint density at radius 3 is 3.12 bits per heavy atom. The predicted molar refractivity (Wildman–Crippen MR) is 63.8 cm³/mol. The maximum absolute atomic E-state index is 12.3. The van der Waals surface area contributed by atoms with Crippen LogP contribution in [0.15, 0.2) is 6.20 Å². The van der Waals surface area contributed by atoms with Crippen LogP contribution in [0.25, 0.3) is 0 Å². The van der Waals surface area contributed by atoms with Gasteiger partial charge in [-0.15, -0.1) is 0 Å². The van der Waals surface area contributed by atoms with E-state index in [2.05, 4.69) is 15.1 Å². The van der Waals surface area contributed by atoms with E-state index in [0.29, 0.717) is 6.04 Å². The molecular formula is C12H18N4O. The Hall–Kier alpha value is -1.36. The molecule has 1 N–H and O–H groups in total. The average Bonchev–Trinajstić information content (AvgIpc) is 2.95. The summed E-state index contributed by atoms with van der Waals surface area (Å²) in [5, 5.41) is 6.75. The number of amides is 1. The van der Waals surface area contributed by atoms with Gasteiger partial charge in [-0.25, -0.2) is 0 Å². The SMILES string of the molecule is Cc1[nH]ncc1C(=O)N1CCN2CCCC2C1. The van der Waals surface area contributed by atoms with Gasteiger partial charge in [-0.3, -0.25) is 14.8 Å². The number of aromatic amines is 1. The van der Waals surface area contributed by atoms with Gasteiger partial charge in [-0.05, 0) is 26.3 Å². The monoisotopic (exact) mass is 234 g/mol. The van der Waals surface area contributed by atoms with Crippen LogP contribution in [0.3, 0.4) is 0 Å². The fourth-order valence-electron chi connectivity index (χ4n) is 2.91. The first kappa shape index (κ1) is 10.8. The van der Waals surface area contributed by atoms with Gasteiger partial charge in [0, 0.05) is 31.4 Å². The fraction of sp³-hybridized carbons (Fsp3) is 0.667. The zero-order valence-corrected chi connectivity index (χ0v) is 10.1. The maximum atomic E-state index is 12.3. The highest BCUT2D eigenvalue weighted by Crippen LogP contribution is 2.22. The van der Waals surface area contributed by atoms with E-state index in [0.717, 1.165) is 30.9 Å². The Balaban J connectivity index is 1.73. The molecule has 3 heterocycles. The van der Waals surface area contributed by atoms with Gasteiger partial charge < -0.3 is 4.90 Å². The standard InChI is InChI=1S/C12H18N4O/c1-9-11(7-13-14-9)12(17)16-6-5-15-4-2-3-10(15)8-16/h7,10H,2-6,8H2,1H3,(H,13,14). The predicted octanol–water partition coefficient (Wildman–Crippen LogP) is 0.638. The molecule has 5 heteroatoms. The number of hydrogen-bond acceptors (Lipinski definition) is 3. The van der Waals surface area contributed by atoms with E-state index in [1.165, 1.54) is 19.4 Å². The second kappa shape index (κ2) is 4.14. The average molecular weight is 234 g/mol. The Morgan fingerprint density at radius 2 is 2.35 bits per heavy atom. The highest BCUT2D eigenvalue weighted by atomic mass is 16.2. The molecule has 2 fully saturated rings. The third-order valence-electron chi connectivity index (χ3n) is 3.93. The van der Waals surface area contributed by atoms with Crippen molar-refractivity contribution in [2.45, 2.75) is 25.8 Å². The molecule has 0 saturated carbocycles. The van der Waals surface area contributed by atoms with E-state index < -0.39 is 0 Å². The molecule has 0 aromatic carbocycles. The van der Waals surface area contributed by atoms with Crippen molar-refractivity contribution in [2.75, 3.05) is 26.2 Å². The molecule has 2 saturated heterocycles. The molecule has 1 aromatic heterocycles. The number of aryl methyl sites for hydroxylation is 1. The smallest absolute Gasteiger partial charge is 0.257 e. The van der Waals surface area contributed by atoms with Crippen LogP contribution in [0.2, 0.25) is 0 Å². The van der Waals surface area contributed by atoms with Crippen LogP contribution >= 0.6 is 0 Å². The van der Waals surface area contributed by atoms with Gasteiger partial charge in [0.2, 0.25) is 0 Å². The number of nitrogens with zero attached hydrogens (tertiary/aromatic N) is 3. The van der Waals surface area contributed by atoms with Gasteiger partial charge in [0.25, 0.3) is 5.91 Å². The van der Waals surface area contributed by atoms with Crippen LogP contribution in [0.5, 0.6) is 0 Å². The number of aromatic nitrogens is 2. The summed E-state index contributed by atoms with van der Waals surface area (Å²) in [5.41, 5.74) is 1.58. The molecule has 3 rings (SSSR count). The summed E-state index contributed by atoms with van der Waals surface area (Å²) in [4.78, 5) is 16.8. The quantitative estimate of drug-likeness (QED) is 0.775. The van der Waals surface area contributed by atoms with Crippen LogP contribution in [0.4, 0.5) is 0 Å². The van der Waals surface area contributed by atoms with Crippen molar-refractivity contribution in [3.63, 3.8) is 0 Å². The van der Waals surface area contributed by atoms with Crippen LogP contribution < -0.4 is 0 Å². The number of carbonyl (C=O) groups is 1. The topological polar surface area (TPSA) is 52.2 Å². The summed E-state index contributed by atoms with van der Waals surface area (Å²) in [7, 11) is 0. The minimum absolute atomic E-state index is 0.128. The molecule has 17 heavy (non-hydrogen) atoms. The molecule has 92 valence electrons. The Labute approximate surface area is 101 Å². The van der Waals surface area contributed by atoms with Crippen LogP contribution in [0.1, 0.15) is 28.9 Å². The van der Waals surface area contributed by atoms with Gasteiger partial charge >= 0.3 is 0 Å². The molecular weight excluding hydrogens is 216 g/mol. The lowest BCUT2D eigenvalue weighted by Crippen LogP contribution is -2.52. The third-order valence-corrected chi connectivity index (χ3v) is 3.93. The van der Waals surface area contributed by atoms with Gasteiger partial charge in [-0.2, -0.15) is 5.10 Å². The van der Waals surface area contributed by atoms with E-state index in [1.54, 1.807) is 6.20 Å². The first-order valence-electron chi connectivity index (χ1n) is 6.29. The van der Waals surface area contributed by atoms with Crippen molar-refractivity contribution < 1.29 is 4.79 Å². The van der Waals surface area contributed by atoms with Crippen molar-refractivity contribution in [3.05, 3.63) is 17.5 Å². The zero-order chi connectivity index (χ0) is 11.8. The first-order chi connectivity index (χ1) is 8.25. The van der Waals surface area contributed by atoms with Gasteiger partial charge in [0.05, 0.1) is 11.8 Å². The highest BCUT2D eigenvalue weighted by molar-refractivity contribution is 5.95. The van der Waals surface area contributed by atoms with Gasteiger partial charge in [0.15, 0.2) is 0 Å². The number of piperazine rings is 1. The molecule has 0 aliphatic carbocycles. The number of hydrogen-bond donors (Lipinski definition) is 1. The van der Waals surface area contributed by atoms with Crippen molar-refractivity contribution in [3.8, 4) is 0 Å². The molecule has 1 atom stereocenters. The number of fused-ring (bicyclic) bond motifs is 1. The summed E-state index contributed by atoms with van der Waals surface area (Å²) < 4.78 is 0. The highest BCUT2D eigenvalue weighted by Gasteiger charge is 2.33. The summed E-state index contributed by atoms with van der Waals surface area (Å²) in [6.45, 7) is 5.85. The van der Waals surface area contributed by atoms with Crippen LogP contribution in [0, 0.1) is 6.92 Å². The lowest BCUT2D eigenvalue weighted by Gasteiger charge is -2.37. The lowest BCUT2D eigenvalue weighted by molar-refractivity contribution is 0.0570. The largest absolute Gasteiger partial charge is 0.336 e. The minimum atomic E-state index is 0.128. The molecule has 1 aromatic rings. The lowest BCUT2D eigenvalue weighted by atomic mass is 10.1. The number of carbonyl (C=O) groups excluding carboxylic acids is 1. The maximum Gasteiger partial charge on any atom is 0.257 e. The molecule has 2 aliphatic heterocycles. The fourth-order valence-corrected chi connectivity index (χ4v) is 2.91. The Bertz CT molecular complexity index is 428. The molecule has 5 nitrogen and oxygen atoms in total. The van der Waals surface area contributed by atoms with Crippen LogP contribution in [-0.4, -0.2) is 58.1 Å². The number of rotatable bonds is 1. The van der Waals surface area contributed by atoms with E-state index in [-0.39, 0.29) is 5.91 Å². The Kier molecular flexibility index (Phi) is 2.63. The number of H-pyrrole nitrogens is 1. The molecule has 2 aliphatic rings. The van der Waals surface area contributed by atoms with Gasteiger partial charge in [-0.1, -0.05) is 0 Å². The molecule has 1 amide bonds. The van der Waals surface area contributed by atoms with E-state index in [1.807, 2.05) is 11.8 Å². The van der Waals surface area contributed by atoms with E-state index >= 15 is 0 Å².